The summed E-state index contributed by atoms with van der Waals surface area (Å²) in [6, 6.07) is 0. The van der Waals surface area contributed by atoms with E-state index in [1.165, 1.54) is 0 Å². The minimum Gasteiger partial charge on any atom is -0.299 e. The Bertz CT molecular complexity index is 301. The molecule has 1 fully saturated rings. The zero-order valence-electron chi connectivity index (χ0n) is 7.40. The van der Waals surface area contributed by atoms with E-state index in [1.807, 2.05) is 0 Å². The molecule has 0 aromatic heterocycles. The molecule has 2 aliphatic carbocycles. The van der Waals surface area contributed by atoms with Crippen molar-refractivity contribution in [2.75, 3.05) is 0 Å². The first-order valence-electron chi connectivity index (χ1n) is 4.59. The molecule has 0 N–H and O–H groups in total. The summed E-state index contributed by atoms with van der Waals surface area (Å²) in [6.45, 7) is 3.67. The van der Waals surface area contributed by atoms with E-state index in [4.69, 9.17) is 0 Å². The fraction of sp³-hybridized carbons (Fsp3) is 0.455. The molecule has 1 saturated carbocycles. The summed E-state index contributed by atoms with van der Waals surface area (Å²) >= 11 is 0. The summed E-state index contributed by atoms with van der Waals surface area (Å²) < 4.78 is 0. The summed E-state index contributed by atoms with van der Waals surface area (Å²) in [4.78, 5) is 22.9. The Morgan fingerprint density at radius 3 is 2.92 bits per heavy atom. The number of fused-ring (bicyclic) bond motifs is 2. The molecule has 2 rings (SSSR count). The van der Waals surface area contributed by atoms with Gasteiger partial charge in [0.05, 0.1) is 0 Å². The molecule has 0 spiro atoms. The van der Waals surface area contributed by atoms with E-state index in [0.717, 1.165) is 0 Å². The van der Waals surface area contributed by atoms with Crippen molar-refractivity contribution in [1.29, 1.82) is 0 Å². The van der Waals surface area contributed by atoms with Crippen molar-refractivity contribution < 1.29 is 9.59 Å². The van der Waals surface area contributed by atoms with E-state index in [1.54, 1.807) is 18.2 Å². The van der Waals surface area contributed by atoms with Crippen LogP contribution in [-0.4, -0.2) is 11.6 Å². The van der Waals surface area contributed by atoms with Crippen LogP contribution in [0, 0.1) is 17.8 Å². The molecule has 0 radical (unpaired) electrons. The molecule has 2 aliphatic rings. The fourth-order valence-corrected chi connectivity index (χ4v) is 2.20. The minimum atomic E-state index is -0.00102. The van der Waals surface area contributed by atoms with E-state index in [9.17, 15) is 9.59 Å². The lowest BCUT2D eigenvalue weighted by atomic mass is 9.68. The van der Waals surface area contributed by atoms with Crippen molar-refractivity contribution in [2.24, 2.45) is 17.8 Å². The highest BCUT2D eigenvalue weighted by Crippen LogP contribution is 2.36. The highest BCUT2D eigenvalue weighted by atomic mass is 16.1. The number of carbonyl (C=O) groups excluding carboxylic acids is 2. The Kier molecular flexibility index (Phi) is 1.91. The van der Waals surface area contributed by atoms with Gasteiger partial charge in [0, 0.05) is 18.3 Å². The van der Waals surface area contributed by atoms with E-state index in [2.05, 4.69) is 6.58 Å². The van der Waals surface area contributed by atoms with Crippen LogP contribution in [0.15, 0.2) is 24.8 Å². The maximum absolute atomic E-state index is 11.5. The largest absolute Gasteiger partial charge is 0.299 e. The molecular formula is C11H12O2. The molecule has 13 heavy (non-hydrogen) atoms. The van der Waals surface area contributed by atoms with Gasteiger partial charge >= 0.3 is 0 Å². The molecule has 0 aromatic carbocycles. The minimum absolute atomic E-state index is 0.00102. The van der Waals surface area contributed by atoms with Gasteiger partial charge in [0.15, 0.2) is 5.78 Å². The van der Waals surface area contributed by atoms with Crippen LogP contribution >= 0.6 is 0 Å². The first kappa shape index (κ1) is 8.42. The van der Waals surface area contributed by atoms with Gasteiger partial charge in [-0.15, -0.1) is 6.58 Å². The lowest BCUT2D eigenvalue weighted by Gasteiger charge is -2.33. The van der Waals surface area contributed by atoms with Crippen LogP contribution in [0.25, 0.3) is 0 Å². The molecular weight excluding hydrogens is 164 g/mol. The molecule has 0 heterocycles. The van der Waals surface area contributed by atoms with Crippen LogP contribution in [-0.2, 0) is 9.59 Å². The van der Waals surface area contributed by atoms with Gasteiger partial charge < -0.3 is 0 Å². The Morgan fingerprint density at radius 2 is 2.23 bits per heavy atom. The van der Waals surface area contributed by atoms with Crippen LogP contribution in [0.3, 0.4) is 0 Å². The molecule has 0 aliphatic heterocycles. The SMILES string of the molecule is C=CC1CC(=O)C2C=CC(=O)C1C2. The summed E-state index contributed by atoms with van der Waals surface area (Å²) in [5, 5.41) is 0. The zero-order valence-corrected chi connectivity index (χ0v) is 7.40. The first-order chi connectivity index (χ1) is 6.22. The van der Waals surface area contributed by atoms with Gasteiger partial charge in [-0.2, -0.15) is 0 Å². The molecule has 2 bridgehead atoms. The number of carbonyl (C=O) groups is 2. The molecule has 0 amide bonds. The summed E-state index contributed by atoms with van der Waals surface area (Å²) in [5.74, 6) is 0.504. The number of ketones is 2. The topological polar surface area (TPSA) is 34.1 Å². The van der Waals surface area contributed by atoms with Crippen LogP contribution < -0.4 is 0 Å². The van der Waals surface area contributed by atoms with Crippen LogP contribution in [0.1, 0.15) is 12.8 Å². The number of rotatable bonds is 1. The molecule has 3 unspecified atom stereocenters. The maximum Gasteiger partial charge on any atom is 0.159 e. The first-order valence-corrected chi connectivity index (χ1v) is 4.59. The van der Waals surface area contributed by atoms with Gasteiger partial charge in [0.2, 0.25) is 0 Å². The van der Waals surface area contributed by atoms with E-state index < -0.39 is 0 Å². The molecule has 68 valence electrons. The predicted molar refractivity (Wildman–Crippen MR) is 49.1 cm³/mol. The Morgan fingerprint density at radius 1 is 1.46 bits per heavy atom. The smallest absolute Gasteiger partial charge is 0.159 e. The third kappa shape index (κ3) is 1.26. The third-order valence-electron chi connectivity index (χ3n) is 3.04. The van der Waals surface area contributed by atoms with Crippen LogP contribution in [0.2, 0.25) is 0 Å². The Balaban J connectivity index is 2.32. The average molecular weight is 176 g/mol. The number of allylic oxidation sites excluding steroid dienone is 3. The van der Waals surface area contributed by atoms with E-state index in [0.29, 0.717) is 12.8 Å². The second-order valence-electron chi connectivity index (χ2n) is 3.78. The van der Waals surface area contributed by atoms with Crippen LogP contribution in [0.5, 0.6) is 0 Å². The van der Waals surface area contributed by atoms with Gasteiger partial charge in [-0.25, -0.2) is 0 Å². The normalized spacial score (nSPS) is 37.7. The van der Waals surface area contributed by atoms with Crippen molar-refractivity contribution in [1.82, 2.24) is 0 Å². The average Bonchev–Trinajstić information content (AvgIpc) is 2.15. The van der Waals surface area contributed by atoms with Gasteiger partial charge in [-0.05, 0) is 18.4 Å². The predicted octanol–water partition coefficient (Wildman–Crippen LogP) is 1.52. The van der Waals surface area contributed by atoms with Gasteiger partial charge in [-0.1, -0.05) is 12.2 Å². The van der Waals surface area contributed by atoms with Crippen molar-refractivity contribution in [3.8, 4) is 0 Å². The van der Waals surface area contributed by atoms with Gasteiger partial charge in [-0.3, -0.25) is 9.59 Å². The van der Waals surface area contributed by atoms with Crippen molar-refractivity contribution >= 4 is 11.6 Å². The van der Waals surface area contributed by atoms with Crippen LogP contribution in [0.4, 0.5) is 0 Å². The van der Waals surface area contributed by atoms with Crippen molar-refractivity contribution in [2.45, 2.75) is 12.8 Å². The van der Waals surface area contributed by atoms with E-state index >= 15 is 0 Å². The second-order valence-corrected chi connectivity index (χ2v) is 3.78. The Labute approximate surface area is 77.3 Å². The van der Waals surface area contributed by atoms with Crippen molar-refractivity contribution in [3.05, 3.63) is 24.8 Å². The maximum atomic E-state index is 11.5. The molecule has 2 nitrogen and oxygen atoms in total. The van der Waals surface area contributed by atoms with E-state index in [-0.39, 0.29) is 29.3 Å². The molecule has 3 atom stereocenters. The van der Waals surface area contributed by atoms with Crippen molar-refractivity contribution in [3.63, 3.8) is 0 Å². The quantitative estimate of drug-likeness (QED) is 0.568. The zero-order chi connectivity index (χ0) is 9.42. The fourth-order valence-electron chi connectivity index (χ4n) is 2.20. The summed E-state index contributed by atoms with van der Waals surface area (Å²) in [7, 11) is 0. The Hall–Kier alpha value is -1.18. The standard InChI is InChI=1S/C11H12O2/c1-2-7-6-11(13)8-3-4-10(12)9(7)5-8/h2-4,7-9H,1,5-6H2. The third-order valence-corrected chi connectivity index (χ3v) is 3.04. The number of hydrogen-bond acceptors (Lipinski definition) is 2. The summed E-state index contributed by atoms with van der Waals surface area (Å²) in [5.41, 5.74) is 0. The monoisotopic (exact) mass is 176 g/mol. The lowest BCUT2D eigenvalue weighted by molar-refractivity contribution is -0.129. The molecule has 0 saturated heterocycles. The highest BCUT2D eigenvalue weighted by molar-refractivity contribution is 5.98. The van der Waals surface area contributed by atoms with Gasteiger partial charge in [0.25, 0.3) is 0 Å². The second kappa shape index (κ2) is 2.95. The van der Waals surface area contributed by atoms with Gasteiger partial charge in [0.1, 0.15) is 5.78 Å². The summed E-state index contributed by atoms with van der Waals surface area (Å²) in [6.07, 6.45) is 6.25. The molecule has 2 heteroatoms. The number of hydrogen-bond donors (Lipinski definition) is 0. The lowest BCUT2D eigenvalue weighted by Crippen LogP contribution is -2.37. The molecule has 0 aromatic rings. The highest BCUT2D eigenvalue weighted by Gasteiger charge is 2.38. The number of Topliss-reactive ketones (excluding diaryl/α,β-unsaturated/α-hetero) is 1.